The van der Waals surface area contributed by atoms with Crippen LogP contribution in [0.4, 0.5) is 10.1 Å². The normalized spacial score (nSPS) is 19.1. The zero-order valence-electron chi connectivity index (χ0n) is 17.7. The molecule has 0 unspecified atom stereocenters. The maximum absolute atomic E-state index is 13.8. The largest absolute Gasteiger partial charge is 0.348 e. The second-order valence-electron chi connectivity index (χ2n) is 8.40. The van der Waals surface area contributed by atoms with Crippen molar-refractivity contribution in [2.45, 2.75) is 31.3 Å². The van der Waals surface area contributed by atoms with E-state index in [9.17, 15) is 14.0 Å². The third-order valence-corrected chi connectivity index (χ3v) is 6.77. The Morgan fingerprint density at radius 1 is 1.22 bits per heavy atom. The molecular weight excluding hydrogens is 454 g/mol. The molecule has 2 fully saturated rings. The Kier molecular flexibility index (Phi) is 6.60. The number of halogens is 3. The fraction of sp³-hybridized carbons (Fsp3) is 0.391. The van der Waals surface area contributed by atoms with Crippen molar-refractivity contribution in [3.05, 3.63) is 63.9 Å². The zero-order chi connectivity index (χ0) is 22.9. The third-order valence-electron chi connectivity index (χ3n) is 6.23. The molecule has 2 saturated heterocycles. The van der Waals surface area contributed by atoms with Crippen LogP contribution in [0.3, 0.4) is 0 Å². The van der Waals surface area contributed by atoms with Gasteiger partial charge in [-0.05, 0) is 56.2 Å². The van der Waals surface area contributed by atoms with Crippen LogP contribution in [-0.2, 0) is 4.79 Å². The molecule has 9 heteroatoms. The number of anilines is 1. The predicted molar refractivity (Wildman–Crippen MR) is 124 cm³/mol. The van der Waals surface area contributed by atoms with Crippen molar-refractivity contribution in [1.82, 2.24) is 15.5 Å². The summed E-state index contributed by atoms with van der Waals surface area (Å²) < 4.78 is 13.8. The first kappa shape index (κ1) is 22.8. The number of hydrogen-bond acceptors (Lipinski definition) is 4. The molecule has 2 amide bonds. The second kappa shape index (κ2) is 9.25. The highest BCUT2D eigenvalue weighted by atomic mass is 35.5. The van der Waals surface area contributed by atoms with Crippen LogP contribution in [0, 0.1) is 5.82 Å². The Labute approximate surface area is 196 Å². The molecule has 1 atom stereocenters. The number of likely N-dealkylation sites (tertiary alicyclic amines) is 1. The first-order valence-corrected chi connectivity index (χ1v) is 11.3. The Morgan fingerprint density at radius 3 is 2.66 bits per heavy atom. The highest BCUT2D eigenvalue weighted by molar-refractivity contribution is 6.36. The quantitative estimate of drug-likeness (QED) is 0.687. The molecule has 2 N–H and O–H groups in total. The maximum atomic E-state index is 13.8. The van der Waals surface area contributed by atoms with Gasteiger partial charge in [0, 0.05) is 36.4 Å². The summed E-state index contributed by atoms with van der Waals surface area (Å²) in [7, 11) is 0. The van der Waals surface area contributed by atoms with Gasteiger partial charge in [-0.15, -0.1) is 0 Å². The minimum absolute atomic E-state index is 0.0138. The van der Waals surface area contributed by atoms with Crippen LogP contribution < -0.4 is 15.5 Å². The molecule has 0 saturated carbocycles. The molecule has 1 spiro atoms. The summed E-state index contributed by atoms with van der Waals surface area (Å²) in [5.74, 6) is -0.583. The van der Waals surface area contributed by atoms with E-state index in [1.54, 1.807) is 24.3 Å². The van der Waals surface area contributed by atoms with Gasteiger partial charge in [0.2, 0.25) is 5.91 Å². The number of carbonyl (C=O) groups is 2. The predicted octanol–water partition coefficient (Wildman–Crippen LogP) is 3.68. The van der Waals surface area contributed by atoms with Gasteiger partial charge >= 0.3 is 0 Å². The van der Waals surface area contributed by atoms with Crippen LogP contribution in [0.5, 0.6) is 0 Å². The lowest BCUT2D eigenvalue weighted by Gasteiger charge is -2.43. The molecule has 2 aliphatic heterocycles. The maximum Gasteiger partial charge on any atom is 0.253 e. The van der Waals surface area contributed by atoms with Crippen molar-refractivity contribution in [1.29, 1.82) is 0 Å². The average molecular weight is 479 g/mol. The molecule has 2 heterocycles. The van der Waals surface area contributed by atoms with Crippen molar-refractivity contribution >= 4 is 40.7 Å². The number of nitrogens with zero attached hydrogens (tertiary/aromatic N) is 2. The lowest BCUT2D eigenvalue weighted by atomic mass is 9.85. The van der Waals surface area contributed by atoms with Gasteiger partial charge in [-0.2, -0.15) is 0 Å². The summed E-state index contributed by atoms with van der Waals surface area (Å²) in [4.78, 5) is 29.5. The number of benzene rings is 2. The van der Waals surface area contributed by atoms with E-state index in [4.69, 9.17) is 23.2 Å². The Balaban J connectivity index is 1.36. The lowest BCUT2D eigenvalue weighted by molar-refractivity contribution is -0.125. The zero-order valence-corrected chi connectivity index (χ0v) is 19.2. The standard InChI is InChI=1S/C23H25Cl2FN4O2/c1-15(28-21(31)19-6-5-16(24)11-20(19)25)13-29-9-7-23(8-10-29)22(32)27-14-30(23)18-4-2-3-17(26)12-18/h2-6,11-12,15H,7-10,13-14H2,1H3,(H,27,32)(H,28,31)/t15-/m0/s1. The van der Waals surface area contributed by atoms with Crippen LogP contribution in [0.25, 0.3) is 0 Å². The number of nitrogens with one attached hydrogen (secondary N) is 2. The van der Waals surface area contributed by atoms with Gasteiger partial charge in [-0.3, -0.25) is 9.59 Å². The Hall–Kier alpha value is -2.35. The summed E-state index contributed by atoms with van der Waals surface area (Å²) in [6.07, 6.45) is 1.25. The molecule has 0 aromatic heterocycles. The second-order valence-corrected chi connectivity index (χ2v) is 9.25. The Morgan fingerprint density at radius 2 is 1.97 bits per heavy atom. The molecule has 0 radical (unpaired) electrons. The van der Waals surface area contributed by atoms with Gasteiger partial charge in [0.25, 0.3) is 5.91 Å². The Bertz CT molecular complexity index is 1030. The van der Waals surface area contributed by atoms with Crippen molar-refractivity contribution in [3.8, 4) is 0 Å². The van der Waals surface area contributed by atoms with Crippen LogP contribution in [-0.4, -0.2) is 54.6 Å². The number of piperidine rings is 1. The van der Waals surface area contributed by atoms with Crippen molar-refractivity contribution in [2.24, 2.45) is 0 Å². The third kappa shape index (κ3) is 4.56. The minimum atomic E-state index is -0.673. The topological polar surface area (TPSA) is 64.7 Å². The van der Waals surface area contributed by atoms with Crippen LogP contribution in [0.15, 0.2) is 42.5 Å². The summed E-state index contributed by atoms with van der Waals surface area (Å²) in [6.45, 7) is 4.35. The number of carbonyl (C=O) groups excluding carboxylic acids is 2. The average Bonchev–Trinajstić information content (AvgIpc) is 3.05. The van der Waals surface area contributed by atoms with E-state index in [0.717, 1.165) is 0 Å². The molecule has 32 heavy (non-hydrogen) atoms. The van der Waals surface area contributed by atoms with E-state index in [2.05, 4.69) is 15.5 Å². The highest BCUT2D eigenvalue weighted by Crippen LogP contribution is 2.36. The van der Waals surface area contributed by atoms with Crippen molar-refractivity contribution in [3.63, 3.8) is 0 Å². The number of hydrogen-bond donors (Lipinski definition) is 2. The van der Waals surface area contributed by atoms with Crippen LogP contribution in [0.1, 0.15) is 30.1 Å². The van der Waals surface area contributed by atoms with E-state index < -0.39 is 5.54 Å². The van der Waals surface area contributed by atoms with E-state index in [0.29, 0.717) is 60.4 Å². The highest BCUT2D eigenvalue weighted by Gasteiger charge is 2.50. The number of amides is 2. The van der Waals surface area contributed by atoms with E-state index in [1.165, 1.54) is 12.1 Å². The molecule has 2 aromatic rings. The smallest absolute Gasteiger partial charge is 0.253 e. The van der Waals surface area contributed by atoms with Gasteiger partial charge in [-0.25, -0.2) is 4.39 Å². The molecule has 0 aliphatic carbocycles. The van der Waals surface area contributed by atoms with Gasteiger partial charge < -0.3 is 20.4 Å². The van der Waals surface area contributed by atoms with E-state index in [-0.39, 0.29) is 23.7 Å². The molecule has 0 bridgehead atoms. The molecule has 2 aliphatic rings. The fourth-order valence-electron chi connectivity index (χ4n) is 4.58. The van der Waals surface area contributed by atoms with Gasteiger partial charge in [-0.1, -0.05) is 29.3 Å². The first-order chi connectivity index (χ1) is 15.3. The SMILES string of the molecule is C[C@@H](CN1CCC2(CC1)C(=O)NCN2c1cccc(F)c1)NC(=O)c1ccc(Cl)cc1Cl. The molecule has 6 nitrogen and oxygen atoms in total. The van der Waals surface area contributed by atoms with Crippen molar-refractivity contribution < 1.29 is 14.0 Å². The van der Waals surface area contributed by atoms with E-state index >= 15 is 0 Å². The fourth-order valence-corrected chi connectivity index (χ4v) is 5.08. The summed E-state index contributed by atoms with van der Waals surface area (Å²) >= 11 is 12.0. The summed E-state index contributed by atoms with van der Waals surface area (Å²) in [5, 5.41) is 6.69. The summed E-state index contributed by atoms with van der Waals surface area (Å²) in [6, 6.07) is 11.0. The van der Waals surface area contributed by atoms with E-state index in [1.807, 2.05) is 17.9 Å². The van der Waals surface area contributed by atoms with Gasteiger partial charge in [0.1, 0.15) is 11.4 Å². The molecule has 4 rings (SSSR count). The molecule has 170 valence electrons. The van der Waals surface area contributed by atoms with Crippen molar-refractivity contribution in [2.75, 3.05) is 31.2 Å². The lowest BCUT2D eigenvalue weighted by Crippen LogP contribution is -2.57. The number of rotatable bonds is 5. The van der Waals surface area contributed by atoms with Crippen LogP contribution >= 0.6 is 23.2 Å². The first-order valence-electron chi connectivity index (χ1n) is 10.6. The minimum Gasteiger partial charge on any atom is -0.348 e. The van der Waals surface area contributed by atoms with Crippen LogP contribution in [0.2, 0.25) is 10.0 Å². The summed E-state index contributed by atoms with van der Waals surface area (Å²) in [5.41, 5.74) is 0.416. The molecule has 2 aromatic carbocycles. The molecular formula is C23H25Cl2FN4O2. The monoisotopic (exact) mass is 478 g/mol. The van der Waals surface area contributed by atoms with Gasteiger partial charge in [0.15, 0.2) is 0 Å². The van der Waals surface area contributed by atoms with Gasteiger partial charge in [0.05, 0.1) is 17.3 Å².